The molecule has 4 heteroatoms. The van der Waals surface area contributed by atoms with Crippen LogP contribution in [0, 0.1) is 0 Å². The molecule has 1 amide bonds. The van der Waals surface area contributed by atoms with Crippen molar-refractivity contribution in [2.24, 2.45) is 0 Å². The average molecular weight is 243 g/mol. The van der Waals surface area contributed by atoms with Gasteiger partial charge in [0, 0.05) is 11.3 Å². The van der Waals surface area contributed by atoms with Crippen LogP contribution in [0.25, 0.3) is 0 Å². The first-order valence-electron chi connectivity index (χ1n) is 5.69. The van der Waals surface area contributed by atoms with Crippen molar-refractivity contribution in [3.05, 3.63) is 41.5 Å². The van der Waals surface area contributed by atoms with Gasteiger partial charge in [-0.25, -0.2) is 0 Å². The highest BCUT2D eigenvalue weighted by Gasteiger charge is 2.28. The summed E-state index contributed by atoms with van der Waals surface area (Å²) in [5, 5.41) is 2.69. The van der Waals surface area contributed by atoms with Gasteiger partial charge in [0.15, 0.2) is 11.6 Å². The van der Waals surface area contributed by atoms with Gasteiger partial charge in [-0.15, -0.1) is 0 Å². The van der Waals surface area contributed by atoms with E-state index in [4.69, 9.17) is 0 Å². The molecule has 18 heavy (non-hydrogen) atoms. The Bertz CT molecular complexity index is 543. The molecule has 4 nitrogen and oxygen atoms in total. The molecule has 1 aromatic carbocycles. The van der Waals surface area contributed by atoms with Crippen LogP contribution in [0.15, 0.2) is 41.5 Å². The molecular weight excluding hydrogens is 230 g/mol. The number of carbonyl (C=O) groups is 3. The van der Waals surface area contributed by atoms with Gasteiger partial charge in [-0.2, -0.15) is 0 Å². The largest absolute Gasteiger partial charge is 0.326 e. The molecule has 1 N–H and O–H groups in total. The molecule has 0 heterocycles. The molecule has 2 rings (SSSR count). The molecule has 1 aromatic rings. The maximum absolute atomic E-state index is 11.8. The van der Waals surface area contributed by atoms with E-state index in [0.717, 1.165) is 0 Å². The molecule has 0 saturated carbocycles. The van der Waals surface area contributed by atoms with Crippen LogP contribution < -0.4 is 5.32 Å². The first kappa shape index (κ1) is 12.2. The lowest BCUT2D eigenvalue weighted by molar-refractivity contribution is -0.122. The molecule has 0 atom stereocenters. The number of rotatable bonds is 3. The number of allylic oxidation sites excluding steroid dienone is 1. The van der Waals surface area contributed by atoms with Crippen LogP contribution in [0.1, 0.15) is 19.8 Å². The van der Waals surface area contributed by atoms with E-state index in [2.05, 4.69) is 5.32 Å². The zero-order valence-corrected chi connectivity index (χ0v) is 10.0. The molecule has 0 radical (unpaired) electrons. The van der Waals surface area contributed by atoms with Crippen LogP contribution in [0.4, 0.5) is 5.69 Å². The molecule has 0 unspecified atom stereocenters. The van der Waals surface area contributed by atoms with Crippen molar-refractivity contribution in [2.75, 3.05) is 5.32 Å². The standard InChI is InChI=1S/C14H13NO3/c1-9-11(13(17)8-12(9)16)7-14(18)15-10-5-3-2-4-6-10/h2-6H,7-8H2,1H3,(H,15,18). The minimum atomic E-state index is -0.279. The SMILES string of the molecule is CC1=C(CC(=O)Nc2ccccc2)C(=O)CC1=O. The number of amides is 1. The van der Waals surface area contributed by atoms with E-state index in [1.54, 1.807) is 19.1 Å². The minimum Gasteiger partial charge on any atom is -0.326 e. The Morgan fingerprint density at radius 1 is 1.17 bits per heavy atom. The van der Waals surface area contributed by atoms with Crippen molar-refractivity contribution < 1.29 is 14.4 Å². The average Bonchev–Trinajstić information content (AvgIpc) is 2.57. The Balaban J connectivity index is 2.05. The van der Waals surface area contributed by atoms with Crippen LogP contribution in [0.5, 0.6) is 0 Å². The third-order valence-electron chi connectivity index (χ3n) is 2.92. The van der Waals surface area contributed by atoms with Gasteiger partial charge in [-0.1, -0.05) is 18.2 Å². The second kappa shape index (κ2) is 4.96. The van der Waals surface area contributed by atoms with E-state index in [1.807, 2.05) is 18.2 Å². The second-order valence-electron chi connectivity index (χ2n) is 4.22. The van der Waals surface area contributed by atoms with E-state index in [1.165, 1.54) is 0 Å². The van der Waals surface area contributed by atoms with Crippen molar-refractivity contribution in [3.63, 3.8) is 0 Å². The van der Waals surface area contributed by atoms with Gasteiger partial charge >= 0.3 is 0 Å². The number of carbonyl (C=O) groups excluding carboxylic acids is 3. The van der Waals surface area contributed by atoms with Crippen LogP contribution in [0.2, 0.25) is 0 Å². The van der Waals surface area contributed by atoms with Gasteiger partial charge in [0.1, 0.15) is 0 Å². The number of hydrogen-bond acceptors (Lipinski definition) is 3. The predicted octanol–water partition coefficient (Wildman–Crippen LogP) is 1.87. The highest BCUT2D eigenvalue weighted by Crippen LogP contribution is 2.22. The van der Waals surface area contributed by atoms with E-state index < -0.39 is 0 Å². The van der Waals surface area contributed by atoms with Gasteiger partial charge in [-0.3, -0.25) is 14.4 Å². The zero-order chi connectivity index (χ0) is 13.1. The number of benzene rings is 1. The second-order valence-corrected chi connectivity index (χ2v) is 4.22. The smallest absolute Gasteiger partial charge is 0.228 e. The van der Waals surface area contributed by atoms with Crippen LogP contribution >= 0.6 is 0 Å². The number of ketones is 2. The van der Waals surface area contributed by atoms with Gasteiger partial charge in [0.05, 0.1) is 12.8 Å². The Morgan fingerprint density at radius 2 is 1.83 bits per heavy atom. The molecule has 1 aliphatic rings. The summed E-state index contributed by atoms with van der Waals surface area (Å²) in [6, 6.07) is 9.00. The third-order valence-corrected chi connectivity index (χ3v) is 2.92. The van der Waals surface area contributed by atoms with Crippen LogP contribution in [-0.2, 0) is 14.4 Å². The fourth-order valence-electron chi connectivity index (χ4n) is 1.88. The summed E-state index contributed by atoms with van der Waals surface area (Å²) in [6.45, 7) is 1.60. The van der Waals surface area contributed by atoms with E-state index in [-0.39, 0.29) is 30.3 Å². The summed E-state index contributed by atoms with van der Waals surface area (Å²) in [5.74, 6) is -0.693. The Labute approximate surface area is 105 Å². The summed E-state index contributed by atoms with van der Waals surface area (Å²) in [5.41, 5.74) is 1.44. The summed E-state index contributed by atoms with van der Waals surface area (Å²) in [6.07, 6.45) is -0.134. The van der Waals surface area contributed by atoms with Crippen molar-refractivity contribution >= 4 is 23.2 Å². The lowest BCUT2D eigenvalue weighted by atomic mass is 10.1. The van der Waals surface area contributed by atoms with Crippen molar-refractivity contribution in [2.45, 2.75) is 19.8 Å². The minimum absolute atomic E-state index is 0.0364. The molecule has 0 fully saturated rings. The number of para-hydroxylation sites is 1. The maximum Gasteiger partial charge on any atom is 0.228 e. The molecule has 1 aliphatic carbocycles. The topological polar surface area (TPSA) is 63.2 Å². The number of hydrogen-bond donors (Lipinski definition) is 1. The Morgan fingerprint density at radius 3 is 2.39 bits per heavy atom. The number of nitrogens with one attached hydrogen (secondary N) is 1. The highest BCUT2D eigenvalue weighted by molar-refractivity contribution is 6.23. The van der Waals surface area contributed by atoms with Gasteiger partial charge in [0.2, 0.25) is 5.91 Å². The van der Waals surface area contributed by atoms with E-state index in [9.17, 15) is 14.4 Å². The number of Topliss-reactive ketones (excluding diaryl/α,β-unsaturated/α-hetero) is 2. The molecule has 92 valence electrons. The number of anilines is 1. The van der Waals surface area contributed by atoms with Crippen molar-refractivity contribution in [3.8, 4) is 0 Å². The normalized spacial score (nSPS) is 15.2. The van der Waals surface area contributed by atoms with Crippen LogP contribution in [-0.4, -0.2) is 17.5 Å². The summed E-state index contributed by atoms with van der Waals surface area (Å²) in [7, 11) is 0. The fourth-order valence-corrected chi connectivity index (χ4v) is 1.88. The maximum atomic E-state index is 11.8. The molecule has 0 saturated heterocycles. The lowest BCUT2D eigenvalue weighted by Crippen LogP contribution is -2.14. The molecule has 0 bridgehead atoms. The van der Waals surface area contributed by atoms with Gasteiger partial charge < -0.3 is 5.32 Å². The van der Waals surface area contributed by atoms with Crippen molar-refractivity contribution in [1.82, 2.24) is 0 Å². The van der Waals surface area contributed by atoms with Gasteiger partial charge in [0.25, 0.3) is 0 Å². The third kappa shape index (κ3) is 2.53. The quantitative estimate of drug-likeness (QED) is 0.824. The van der Waals surface area contributed by atoms with Crippen molar-refractivity contribution in [1.29, 1.82) is 0 Å². The monoisotopic (exact) mass is 243 g/mol. The van der Waals surface area contributed by atoms with E-state index >= 15 is 0 Å². The summed E-state index contributed by atoms with van der Waals surface area (Å²) < 4.78 is 0. The fraction of sp³-hybridized carbons (Fsp3) is 0.214. The summed E-state index contributed by atoms with van der Waals surface area (Å²) >= 11 is 0. The first-order chi connectivity index (χ1) is 8.58. The molecule has 0 aromatic heterocycles. The van der Waals surface area contributed by atoms with Gasteiger partial charge in [-0.05, 0) is 24.6 Å². The highest BCUT2D eigenvalue weighted by atomic mass is 16.2. The molecule has 0 aliphatic heterocycles. The predicted molar refractivity (Wildman–Crippen MR) is 67.0 cm³/mol. The molecule has 0 spiro atoms. The Kier molecular flexibility index (Phi) is 3.37. The summed E-state index contributed by atoms with van der Waals surface area (Å²) in [4.78, 5) is 34.6. The zero-order valence-electron chi connectivity index (χ0n) is 10.0. The molecular formula is C14H13NO3. The Hall–Kier alpha value is -2.23. The van der Waals surface area contributed by atoms with Crippen LogP contribution in [0.3, 0.4) is 0 Å². The van der Waals surface area contributed by atoms with E-state index in [0.29, 0.717) is 16.8 Å². The first-order valence-corrected chi connectivity index (χ1v) is 5.69. The lowest BCUT2D eigenvalue weighted by Gasteiger charge is -2.05.